The molecule has 0 aromatic carbocycles. The Morgan fingerprint density at radius 1 is 0.526 bits per heavy atom. The van der Waals surface area contributed by atoms with E-state index in [-0.39, 0.29) is 13.2 Å². The zero-order valence-corrected chi connectivity index (χ0v) is 11.2. The van der Waals surface area contributed by atoms with Gasteiger partial charge in [-0.05, 0) is 0 Å². The maximum absolute atomic E-state index is 8.45. The van der Waals surface area contributed by atoms with E-state index in [1.165, 1.54) is 12.5 Å². The second kappa shape index (κ2) is 17.1. The van der Waals surface area contributed by atoms with Crippen LogP contribution in [0.25, 0.3) is 0 Å². The van der Waals surface area contributed by atoms with Crippen molar-refractivity contribution in [3.05, 3.63) is 12.5 Å². The van der Waals surface area contributed by atoms with Crippen molar-refractivity contribution in [2.45, 2.75) is 0 Å². The molecule has 19 heavy (non-hydrogen) atoms. The van der Waals surface area contributed by atoms with E-state index in [0.29, 0.717) is 52.9 Å². The first-order valence-electron chi connectivity index (χ1n) is 6.25. The molecule has 0 saturated heterocycles. The number of ether oxygens (including phenoxy) is 5. The van der Waals surface area contributed by atoms with E-state index in [2.05, 4.69) is 0 Å². The van der Waals surface area contributed by atoms with Crippen molar-refractivity contribution in [1.82, 2.24) is 0 Å². The highest BCUT2D eigenvalue weighted by Crippen LogP contribution is 1.84. The molecule has 7 nitrogen and oxygen atoms in total. The summed E-state index contributed by atoms with van der Waals surface area (Å²) in [5, 5.41) is 16.9. The average Bonchev–Trinajstić information content (AvgIpc) is 2.43. The fraction of sp³-hybridized carbons (Fsp3) is 0.833. The summed E-state index contributed by atoms with van der Waals surface area (Å²) in [6.45, 7) is 3.39. The quantitative estimate of drug-likeness (QED) is 0.309. The number of hydrogen-bond donors (Lipinski definition) is 2. The highest BCUT2D eigenvalue weighted by Gasteiger charge is 1.89. The largest absolute Gasteiger partial charge is 0.496 e. The third-order valence-electron chi connectivity index (χ3n) is 1.78. The summed E-state index contributed by atoms with van der Waals surface area (Å²) in [6.07, 6.45) is 2.88. The van der Waals surface area contributed by atoms with Crippen LogP contribution in [0.2, 0.25) is 0 Å². The third kappa shape index (κ3) is 17.1. The molecular weight excluding hydrogens is 256 g/mol. The minimum atomic E-state index is 0.0178. The second-order valence-electron chi connectivity index (χ2n) is 3.30. The lowest BCUT2D eigenvalue weighted by molar-refractivity contribution is 0.0193. The molecule has 0 heterocycles. The zero-order valence-electron chi connectivity index (χ0n) is 11.2. The van der Waals surface area contributed by atoms with Gasteiger partial charge in [-0.1, -0.05) is 0 Å². The van der Waals surface area contributed by atoms with Gasteiger partial charge in [0.1, 0.15) is 25.7 Å². The van der Waals surface area contributed by atoms with Crippen molar-refractivity contribution < 1.29 is 33.9 Å². The van der Waals surface area contributed by atoms with Gasteiger partial charge in [-0.25, -0.2) is 0 Å². The molecule has 0 atom stereocenters. The van der Waals surface area contributed by atoms with Crippen LogP contribution in [0, 0.1) is 0 Å². The Balaban J connectivity index is 3.00. The highest BCUT2D eigenvalue weighted by molar-refractivity contribution is 4.60. The van der Waals surface area contributed by atoms with E-state index in [9.17, 15) is 0 Å². The first-order valence-corrected chi connectivity index (χ1v) is 6.25. The minimum absolute atomic E-state index is 0.0178. The van der Waals surface area contributed by atoms with Crippen molar-refractivity contribution in [3.8, 4) is 0 Å². The Morgan fingerprint density at radius 2 is 0.895 bits per heavy atom. The molecule has 0 unspecified atom stereocenters. The number of aliphatic hydroxyl groups excluding tert-OH is 2. The monoisotopic (exact) mass is 280 g/mol. The lowest BCUT2D eigenvalue weighted by atomic mass is 10.7. The minimum Gasteiger partial charge on any atom is -0.496 e. The van der Waals surface area contributed by atoms with Gasteiger partial charge in [0.2, 0.25) is 0 Å². The van der Waals surface area contributed by atoms with Crippen LogP contribution in [0.4, 0.5) is 0 Å². The van der Waals surface area contributed by atoms with Crippen molar-refractivity contribution in [2.24, 2.45) is 0 Å². The predicted molar refractivity (Wildman–Crippen MR) is 67.7 cm³/mol. The number of aliphatic hydroxyl groups is 2. The summed E-state index contributed by atoms with van der Waals surface area (Å²) in [7, 11) is 0. The molecule has 0 aromatic heterocycles. The predicted octanol–water partition coefficient (Wildman–Crippen LogP) is -0.475. The lowest BCUT2D eigenvalue weighted by Crippen LogP contribution is -2.09. The first-order chi connectivity index (χ1) is 9.41. The highest BCUT2D eigenvalue weighted by atomic mass is 16.6. The van der Waals surface area contributed by atoms with Gasteiger partial charge in [-0.3, -0.25) is 0 Å². The molecule has 0 aromatic rings. The van der Waals surface area contributed by atoms with E-state index < -0.39 is 0 Å². The van der Waals surface area contributed by atoms with Gasteiger partial charge in [-0.2, -0.15) is 0 Å². The second-order valence-corrected chi connectivity index (χ2v) is 3.30. The van der Waals surface area contributed by atoms with Crippen LogP contribution in [-0.2, 0) is 23.7 Å². The fourth-order valence-electron chi connectivity index (χ4n) is 0.982. The van der Waals surface area contributed by atoms with E-state index in [4.69, 9.17) is 33.9 Å². The van der Waals surface area contributed by atoms with Gasteiger partial charge in [0.25, 0.3) is 0 Å². The molecule has 0 amide bonds. The van der Waals surface area contributed by atoms with Gasteiger partial charge >= 0.3 is 0 Å². The molecule has 0 radical (unpaired) electrons. The zero-order chi connectivity index (χ0) is 14.0. The molecule has 0 rings (SSSR count). The fourth-order valence-corrected chi connectivity index (χ4v) is 0.982. The molecule has 114 valence electrons. The summed E-state index contributed by atoms with van der Waals surface area (Å²) in [5.41, 5.74) is 0. The SMILES string of the molecule is OCCOCCO/C=C/OCCOCCOCCO. The molecule has 2 N–H and O–H groups in total. The van der Waals surface area contributed by atoms with E-state index in [1.807, 2.05) is 0 Å². The summed E-state index contributed by atoms with van der Waals surface area (Å²) >= 11 is 0. The number of hydrogen-bond acceptors (Lipinski definition) is 7. The molecule has 0 saturated carbocycles. The van der Waals surface area contributed by atoms with Gasteiger partial charge in [0.05, 0.1) is 52.9 Å². The van der Waals surface area contributed by atoms with Crippen LogP contribution in [0.15, 0.2) is 12.5 Å². The van der Waals surface area contributed by atoms with Crippen molar-refractivity contribution >= 4 is 0 Å². The van der Waals surface area contributed by atoms with Gasteiger partial charge < -0.3 is 33.9 Å². The summed E-state index contributed by atoms with van der Waals surface area (Å²) in [6, 6.07) is 0. The Bertz CT molecular complexity index is 187. The Labute approximate surface area is 113 Å². The molecule has 0 fully saturated rings. The van der Waals surface area contributed by atoms with Crippen LogP contribution in [0.5, 0.6) is 0 Å². The summed E-state index contributed by atoms with van der Waals surface area (Å²) in [4.78, 5) is 0. The van der Waals surface area contributed by atoms with E-state index in [1.54, 1.807) is 0 Å². The van der Waals surface area contributed by atoms with Gasteiger partial charge in [-0.15, -0.1) is 0 Å². The smallest absolute Gasteiger partial charge is 0.117 e. The molecule has 0 bridgehead atoms. The molecule has 0 aliphatic rings. The lowest BCUT2D eigenvalue weighted by Gasteiger charge is -2.05. The van der Waals surface area contributed by atoms with Crippen LogP contribution in [0.3, 0.4) is 0 Å². The Hall–Kier alpha value is -0.860. The number of rotatable bonds is 15. The Morgan fingerprint density at radius 3 is 1.32 bits per heavy atom. The van der Waals surface area contributed by atoms with Crippen molar-refractivity contribution in [3.63, 3.8) is 0 Å². The van der Waals surface area contributed by atoms with E-state index >= 15 is 0 Å². The van der Waals surface area contributed by atoms with Crippen LogP contribution in [-0.4, -0.2) is 76.3 Å². The van der Waals surface area contributed by atoms with Crippen LogP contribution >= 0.6 is 0 Å². The van der Waals surface area contributed by atoms with Gasteiger partial charge in [0.15, 0.2) is 0 Å². The normalized spacial score (nSPS) is 11.1. The van der Waals surface area contributed by atoms with Crippen LogP contribution in [0.1, 0.15) is 0 Å². The van der Waals surface area contributed by atoms with Crippen molar-refractivity contribution in [1.29, 1.82) is 0 Å². The topological polar surface area (TPSA) is 86.6 Å². The average molecular weight is 280 g/mol. The summed E-state index contributed by atoms with van der Waals surface area (Å²) < 4.78 is 25.3. The maximum Gasteiger partial charge on any atom is 0.117 e. The van der Waals surface area contributed by atoms with Crippen LogP contribution < -0.4 is 0 Å². The third-order valence-corrected chi connectivity index (χ3v) is 1.78. The first kappa shape index (κ1) is 18.1. The van der Waals surface area contributed by atoms with E-state index in [0.717, 1.165) is 0 Å². The van der Waals surface area contributed by atoms with Crippen molar-refractivity contribution in [2.75, 3.05) is 66.1 Å². The summed E-state index contributed by atoms with van der Waals surface area (Å²) in [5.74, 6) is 0. The molecule has 7 heteroatoms. The standard InChI is InChI=1S/C12H24O7/c13-1-3-15-5-7-17-9-11-19-12-10-18-8-6-16-4-2-14/h9,11,13-14H,1-8,10,12H2/b11-9+. The molecule has 0 aliphatic heterocycles. The molecule has 0 aliphatic carbocycles. The molecule has 0 spiro atoms. The van der Waals surface area contributed by atoms with Gasteiger partial charge in [0, 0.05) is 0 Å². The maximum atomic E-state index is 8.45. The Kier molecular flexibility index (Phi) is 16.4. The molecular formula is C12H24O7.